The van der Waals surface area contributed by atoms with Crippen LogP contribution in [0, 0.1) is 11.8 Å². The minimum atomic E-state index is -0.351. The molecule has 4 aromatic rings. The number of ether oxygens (including phenoxy) is 1. The first-order chi connectivity index (χ1) is 18.7. The molecule has 202 valence electrons. The second-order valence-electron chi connectivity index (χ2n) is 11.9. The van der Waals surface area contributed by atoms with E-state index in [2.05, 4.69) is 61.7 Å². The summed E-state index contributed by atoms with van der Waals surface area (Å²) in [5, 5.41) is 1.90. The van der Waals surface area contributed by atoms with E-state index in [-0.39, 0.29) is 17.3 Å². The van der Waals surface area contributed by atoms with Gasteiger partial charge in [-0.3, -0.25) is 0 Å². The summed E-state index contributed by atoms with van der Waals surface area (Å²) in [7, 11) is 1.38. The Bertz CT molecular complexity index is 1480. The van der Waals surface area contributed by atoms with Crippen LogP contribution in [0.25, 0.3) is 10.9 Å². The van der Waals surface area contributed by atoms with Gasteiger partial charge in [0.15, 0.2) is 0 Å². The summed E-state index contributed by atoms with van der Waals surface area (Å²) in [6, 6.07) is 24.7. The number of hydrogen-bond donors (Lipinski definition) is 0. The van der Waals surface area contributed by atoms with Crippen molar-refractivity contribution in [2.75, 3.05) is 7.11 Å². The molecular weight excluding hydrogens is 506 g/mol. The van der Waals surface area contributed by atoms with Crippen LogP contribution >= 0.6 is 11.6 Å². The highest BCUT2D eigenvalue weighted by Crippen LogP contribution is 2.52. The first-order valence-corrected chi connectivity index (χ1v) is 14.0. The number of halogens is 1. The van der Waals surface area contributed by atoms with Crippen LogP contribution in [0.4, 0.5) is 0 Å². The third-order valence-corrected chi connectivity index (χ3v) is 8.26. The van der Waals surface area contributed by atoms with Crippen LogP contribution in [-0.2, 0) is 27.9 Å². The zero-order valence-electron chi connectivity index (χ0n) is 23.1. The van der Waals surface area contributed by atoms with E-state index in [9.17, 15) is 9.59 Å². The highest BCUT2D eigenvalue weighted by atomic mass is 35.5. The Balaban J connectivity index is 1.33. The van der Waals surface area contributed by atoms with Crippen LogP contribution in [0.15, 0.2) is 72.8 Å². The van der Waals surface area contributed by atoms with Gasteiger partial charge in [0.1, 0.15) is 6.29 Å². The molecule has 5 heteroatoms. The summed E-state index contributed by atoms with van der Waals surface area (Å²) in [4.78, 5) is 23.7. The number of nitrogens with zero attached hydrogens (tertiary/aromatic N) is 1. The van der Waals surface area contributed by atoms with Crippen molar-refractivity contribution in [2.45, 2.75) is 57.9 Å². The molecule has 1 heterocycles. The molecule has 0 bridgehead atoms. The fraction of sp³-hybridized carbons (Fsp3) is 0.353. The zero-order chi connectivity index (χ0) is 27.7. The maximum atomic E-state index is 12.0. The number of carbonyl (C=O) groups is 2. The lowest BCUT2D eigenvalue weighted by Crippen LogP contribution is -2.11. The van der Waals surface area contributed by atoms with Crippen LogP contribution in [-0.4, -0.2) is 23.9 Å². The number of hydrogen-bond acceptors (Lipinski definition) is 3. The first-order valence-electron chi connectivity index (χ1n) is 13.7. The Labute approximate surface area is 235 Å². The van der Waals surface area contributed by atoms with Gasteiger partial charge < -0.3 is 14.1 Å². The maximum absolute atomic E-state index is 12.0. The number of rotatable bonds is 9. The molecule has 3 unspecified atom stereocenters. The van der Waals surface area contributed by atoms with Crippen molar-refractivity contribution >= 4 is 34.8 Å². The summed E-state index contributed by atoms with van der Waals surface area (Å²) in [6.45, 7) is 7.51. The molecule has 0 radical (unpaired) electrons. The van der Waals surface area contributed by atoms with Gasteiger partial charge in [-0.2, -0.15) is 0 Å². The molecule has 0 amide bonds. The van der Waals surface area contributed by atoms with E-state index >= 15 is 0 Å². The van der Waals surface area contributed by atoms with Crippen LogP contribution in [0.1, 0.15) is 72.3 Å². The lowest BCUT2D eigenvalue weighted by Gasteiger charge is -2.19. The van der Waals surface area contributed by atoms with Gasteiger partial charge in [-0.15, -0.1) is 0 Å². The average Bonchev–Trinajstić information content (AvgIpc) is 3.60. The van der Waals surface area contributed by atoms with Crippen molar-refractivity contribution in [3.05, 3.63) is 106 Å². The van der Waals surface area contributed by atoms with Crippen molar-refractivity contribution in [1.82, 2.24) is 4.57 Å². The molecule has 0 N–H and O–H groups in total. The van der Waals surface area contributed by atoms with Gasteiger partial charge in [0, 0.05) is 40.0 Å². The SMILES string of the molecule is COC(=O)c1ccc(CC(C=O)CC2CC2c2cc3cc(Cl)ccc3n2Cc2ccc(C(C)(C)C)cc2)cc1. The average molecular weight is 542 g/mol. The number of esters is 1. The molecular formula is C34H36ClNO3. The number of carbonyl (C=O) groups excluding carboxylic acids is 2. The summed E-state index contributed by atoms with van der Waals surface area (Å²) < 4.78 is 7.22. The monoisotopic (exact) mass is 541 g/mol. The molecule has 1 aromatic heterocycles. The van der Waals surface area contributed by atoms with Crippen LogP contribution in [0.2, 0.25) is 5.02 Å². The van der Waals surface area contributed by atoms with E-state index < -0.39 is 0 Å². The second-order valence-corrected chi connectivity index (χ2v) is 12.4. The van der Waals surface area contributed by atoms with Crippen molar-refractivity contribution < 1.29 is 14.3 Å². The quantitative estimate of drug-likeness (QED) is 0.159. The summed E-state index contributed by atoms with van der Waals surface area (Å²) >= 11 is 6.35. The largest absolute Gasteiger partial charge is 0.465 e. The molecule has 39 heavy (non-hydrogen) atoms. The van der Waals surface area contributed by atoms with E-state index in [1.807, 2.05) is 24.3 Å². The number of aldehydes is 1. The fourth-order valence-electron chi connectivity index (χ4n) is 5.68. The third-order valence-electron chi connectivity index (χ3n) is 8.03. The Morgan fingerprint density at radius 2 is 1.72 bits per heavy atom. The molecule has 0 saturated heterocycles. The van der Waals surface area contributed by atoms with Gasteiger partial charge in [-0.1, -0.05) is 68.8 Å². The predicted octanol–water partition coefficient (Wildman–Crippen LogP) is 7.98. The van der Waals surface area contributed by atoms with Crippen molar-refractivity contribution in [3.8, 4) is 0 Å². The summed E-state index contributed by atoms with van der Waals surface area (Å²) in [5.74, 6) is 0.489. The van der Waals surface area contributed by atoms with E-state index in [0.717, 1.165) is 41.6 Å². The van der Waals surface area contributed by atoms with Crippen molar-refractivity contribution in [1.29, 1.82) is 0 Å². The van der Waals surface area contributed by atoms with Crippen LogP contribution in [0.5, 0.6) is 0 Å². The third kappa shape index (κ3) is 6.12. The van der Waals surface area contributed by atoms with Crippen LogP contribution in [0.3, 0.4) is 0 Å². The standard InChI is InChI=1S/C34H36ClNO3/c1-34(2,3)28-11-7-23(8-12-28)20-36-31-14-13-29(35)17-27(31)19-32(36)30-18-26(30)16-24(21-37)15-22-5-9-25(10-6-22)33(38)39-4/h5-14,17,19,21,24,26,30H,15-16,18,20H2,1-4H3. The summed E-state index contributed by atoms with van der Waals surface area (Å²) in [5.41, 5.74) is 6.82. The van der Waals surface area contributed by atoms with Gasteiger partial charge in [-0.05, 0) is 83.7 Å². The lowest BCUT2D eigenvalue weighted by molar-refractivity contribution is -0.111. The van der Waals surface area contributed by atoms with E-state index in [4.69, 9.17) is 16.3 Å². The van der Waals surface area contributed by atoms with E-state index in [0.29, 0.717) is 23.8 Å². The zero-order valence-corrected chi connectivity index (χ0v) is 23.9. The fourth-order valence-corrected chi connectivity index (χ4v) is 5.86. The summed E-state index contributed by atoms with van der Waals surface area (Å²) in [6.07, 6.45) is 3.71. The second kappa shape index (κ2) is 11.0. The molecule has 1 fully saturated rings. The van der Waals surface area contributed by atoms with E-state index in [1.54, 1.807) is 12.1 Å². The molecule has 5 rings (SSSR count). The minimum Gasteiger partial charge on any atom is -0.465 e. The smallest absolute Gasteiger partial charge is 0.337 e. The Morgan fingerprint density at radius 3 is 2.36 bits per heavy atom. The predicted molar refractivity (Wildman–Crippen MR) is 158 cm³/mol. The number of methoxy groups -OCH3 is 1. The molecule has 4 nitrogen and oxygen atoms in total. The first kappa shape index (κ1) is 27.2. The maximum Gasteiger partial charge on any atom is 0.337 e. The van der Waals surface area contributed by atoms with Crippen molar-refractivity contribution in [3.63, 3.8) is 0 Å². The number of benzene rings is 3. The van der Waals surface area contributed by atoms with Gasteiger partial charge in [0.05, 0.1) is 12.7 Å². The molecule has 0 spiro atoms. The van der Waals surface area contributed by atoms with Crippen molar-refractivity contribution in [2.24, 2.45) is 11.8 Å². The Morgan fingerprint density at radius 1 is 1.03 bits per heavy atom. The topological polar surface area (TPSA) is 48.3 Å². The number of fused-ring (bicyclic) bond motifs is 1. The number of aromatic nitrogens is 1. The van der Waals surface area contributed by atoms with E-state index in [1.165, 1.54) is 29.4 Å². The molecule has 1 aliphatic rings. The Hall–Kier alpha value is -3.37. The highest BCUT2D eigenvalue weighted by Gasteiger charge is 2.41. The molecule has 1 saturated carbocycles. The lowest BCUT2D eigenvalue weighted by atomic mass is 9.87. The van der Waals surface area contributed by atoms with Gasteiger partial charge in [-0.25, -0.2) is 4.79 Å². The minimum absolute atomic E-state index is 0.0545. The van der Waals surface area contributed by atoms with Gasteiger partial charge >= 0.3 is 5.97 Å². The van der Waals surface area contributed by atoms with Crippen LogP contribution < -0.4 is 0 Å². The Kier molecular flexibility index (Phi) is 7.68. The molecule has 1 aliphatic carbocycles. The molecule has 3 aromatic carbocycles. The normalized spacial score (nSPS) is 17.7. The molecule has 3 atom stereocenters. The van der Waals surface area contributed by atoms with Gasteiger partial charge in [0.25, 0.3) is 0 Å². The highest BCUT2D eigenvalue weighted by molar-refractivity contribution is 6.31. The van der Waals surface area contributed by atoms with Gasteiger partial charge in [0.2, 0.25) is 0 Å². The molecule has 0 aliphatic heterocycles.